The van der Waals surface area contributed by atoms with E-state index in [1.165, 1.54) is 4.90 Å². The zero-order valence-electron chi connectivity index (χ0n) is 17.8. The minimum Gasteiger partial charge on any atom is -0.497 e. The summed E-state index contributed by atoms with van der Waals surface area (Å²) in [5, 5.41) is 0. The fourth-order valence-electron chi connectivity index (χ4n) is 4.89. The summed E-state index contributed by atoms with van der Waals surface area (Å²) in [4.78, 5) is 43.1. The molecule has 0 aromatic heterocycles. The Balaban J connectivity index is 1.66. The van der Waals surface area contributed by atoms with E-state index in [-0.39, 0.29) is 42.6 Å². The Hall–Kier alpha value is -2.41. The van der Waals surface area contributed by atoms with Crippen LogP contribution in [0.3, 0.4) is 0 Å². The summed E-state index contributed by atoms with van der Waals surface area (Å²) in [5.41, 5.74) is -0.434. The fourth-order valence-corrected chi connectivity index (χ4v) is 4.89. The Morgan fingerprint density at radius 1 is 1.10 bits per heavy atom. The molecule has 2 unspecified atom stereocenters. The second-order valence-electron chi connectivity index (χ2n) is 8.66. The number of amides is 3. The number of likely N-dealkylation sites (tertiary alicyclic amines) is 2. The first kappa shape index (κ1) is 20.8. The molecule has 1 aromatic rings. The van der Waals surface area contributed by atoms with E-state index in [0.717, 1.165) is 32.1 Å². The number of carbonyl (C=O) groups excluding carboxylic acids is 3. The molecule has 0 bridgehead atoms. The molecule has 1 saturated carbocycles. The highest BCUT2D eigenvalue weighted by Crippen LogP contribution is 2.45. The number of rotatable bonds is 7. The van der Waals surface area contributed by atoms with Crippen LogP contribution < -0.4 is 4.74 Å². The van der Waals surface area contributed by atoms with Gasteiger partial charge in [-0.05, 0) is 49.8 Å². The van der Waals surface area contributed by atoms with Crippen molar-refractivity contribution in [1.82, 2.24) is 9.80 Å². The first-order valence-electron chi connectivity index (χ1n) is 10.8. The number of hydrogen-bond acceptors (Lipinski definition) is 5. The van der Waals surface area contributed by atoms with Crippen LogP contribution in [0.15, 0.2) is 24.3 Å². The van der Waals surface area contributed by atoms with Gasteiger partial charge in [0.25, 0.3) is 0 Å². The molecule has 3 amide bonds. The van der Waals surface area contributed by atoms with E-state index < -0.39 is 5.41 Å². The van der Waals surface area contributed by atoms with Gasteiger partial charge in [0.05, 0.1) is 25.2 Å². The molecular weight excluding hydrogens is 384 g/mol. The summed E-state index contributed by atoms with van der Waals surface area (Å²) in [6, 6.07) is 7.22. The maximum absolute atomic E-state index is 13.6. The van der Waals surface area contributed by atoms with Crippen molar-refractivity contribution in [2.45, 2.75) is 62.4 Å². The summed E-state index contributed by atoms with van der Waals surface area (Å²) in [6.07, 6.45) is 4.67. The lowest BCUT2D eigenvalue weighted by Gasteiger charge is -2.37. The number of methoxy groups -OCH3 is 2. The second-order valence-corrected chi connectivity index (χ2v) is 8.66. The van der Waals surface area contributed by atoms with Gasteiger partial charge in [0.1, 0.15) is 5.75 Å². The average molecular weight is 415 g/mol. The maximum Gasteiger partial charge on any atom is 0.241 e. The van der Waals surface area contributed by atoms with Crippen molar-refractivity contribution in [2.24, 2.45) is 0 Å². The predicted octanol–water partition coefficient (Wildman–Crippen LogP) is 2.27. The van der Waals surface area contributed by atoms with Crippen molar-refractivity contribution in [3.8, 4) is 5.75 Å². The Morgan fingerprint density at radius 3 is 2.47 bits per heavy atom. The zero-order chi connectivity index (χ0) is 21.3. The van der Waals surface area contributed by atoms with Crippen LogP contribution in [0, 0.1) is 0 Å². The molecule has 3 fully saturated rings. The molecule has 7 heteroatoms. The lowest BCUT2D eigenvalue weighted by atomic mass is 9.75. The summed E-state index contributed by atoms with van der Waals surface area (Å²) in [5.74, 6) is 0.200. The molecule has 7 nitrogen and oxygen atoms in total. The highest BCUT2D eigenvalue weighted by Gasteiger charge is 2.57. The number of hydrogen-bond donors (Lipinski definition) is 0. The van der Waals surface area contributed by atoms with Crippen LogP contribution in [0.5, 0.6) is 5.75 Å². The monoisotopic (exact) mass is 414 g/mol. The third-order valence-corrected chi connectivity index (χ3v) is 6.66. The minimum absolute atomic E-state index is 0.00329. The van der Waals surface area contributed by atoms with E-state index in [1.807, 2.05) is 17.0 Å². The first-order chi connectivity index (χ1) is 14.5. The van der Waals surface area contributed by atoms with Gasteiger partial charge < -0.3 is 14.4 Å². The van der Waals surface area contributed by atoms with Crippen LogP contribution in [0.4, 0.5) is 0 Å². The quantitative estimate of drug-likeness (QED) is 0.640. The molecular formula is C23H30N2O5. The molecule has 30 heavy (non-hydrogen) atoms. The number of benzene rings is 1. The van der Waals surface area contributed by atoms with Crippen LogP contribution in [0.1, 0.15) is 50.5 Å². The topological polar surface area (TPSA) is 76.2 Å². The molecule has 2 atom stereocenters. The fraction of sp³-hybridized carbons (Fsp3) is 0.609. The van der Waals surface area contributed by atoms with Crippen LogP contribution in [-0.4, -0.2) is 67.0 Å². The number of nitrogens with zero attached hydrogens (tertiary/aromatic N) is 2. The third-order valence-electron chi connectivity index (χ3n) is 6.66. The molecule has 1 aliphatic carbocycles. The van der Waals surface area contributed by atoms with Crippen molar-refractivity contribution in [2.75, 3.05) is 27.4 Å². The molecule has 2 aliphatic heterocycles. The molecule has 0 radical (unpaired) electrons. The van der Waals surface area contributed by atoms with Gasteiger partial charge >= 0.3 is 0 Å². The smallest absolute Gasteiger partial charge is 0.241 e. The number of carbonyl (C=O) groups is 3. The molecule has 0 N–H and O–H groups in total. The second kappa shape index (κ2) is 8.38. The van der Waals surface area contributed by atoms with E-state index in [1.54, 1.807) is 26.4 Å². The normalized spacial score (nSPS) is 26.9. The maximum atomic E-state index is 13.6. The average Bonchev–Trinajstić information content (AvgIpc) is 3.55. The van der Waals surface area contributed by atoms with Gasteiger partial charge in [-0.3, -0.25) is 19.3 Å². The summed E-state index contributed by atoms with van der Waals surface area (Å²) >= 11 is 0. The molecule has 2 saturated heterocycles. The molecule has 1 aromatic carbocycles. The van der Waals surface area contributed by atoms with Gasteiger partial charge in [-0.25, -0.2) is 0 Å². The van der Waals surface area contributed by atoms with E-state index in [0.29, 0.717) is 24.5 Å². The lowest BCUT2D eigenvalue weighted by Crippen LogP contribution is -2.49. The Labute approximate surface area is 177 Å². The molecule has 4 rings (SSSR count). The van der Waals surface area contributed by atoms with Crippen LogP contribution in [-0.2, 0) is 24.5 Å². The molecule has 0 spiro atoms. The molecule has 2 heterocycles. The largest absolute Gasteiger partial charge is 0.497 e. The number of imide groups is 1. The van der Waals surface area contributed by atoms with Gasteiger partial charge in [0.2, 0.25) is 17.7 Å². The zero-order valence-corrected chi connectivity index (χ0v) is 17.8. The van der Waals surface area contributed by atoms with Crippen molar-refractivity contribution in [3.63, 3.8) is 0 Å². The number of ether oxygens (including phenoxy) is 2. The van der Waals surface area contributed by atoms with Crippen molar-refractivity contribution < 1.29 is 23.9 Å². The van der Waals surface area contributed by atoms with Crippen molar-refractivity contribution in [3.05, 3.63) is 29.8 Å². The van der Waals surface area contributed by atoms with E-state index >= 15 is 0 Å². The summed E-state index contributed by atoms with van der Waals surface area (Å²) in [6.45, 7) is 1.16. The van der Waals surface area contributed by atoms with Crippen LogP contribution >= 0.6 is 0 Å². The van der Waals surface area contributed by atoms with E-state index in [4.69, 9.17) is 9.47 Å². The first-order valence-corrected chi connectivity index (χ1v) is 10.8. The minimum atomic E-state index is -1.14. The van der Waals surface area contributed by atoms with Gasteiger partial charge in [0, 0.05) is 32.5 Å². The Bertz CT molecular complexity index is 817. The van der Waals surface area contributed by atoms with Gasteiger partial charge in [0.15, 0.2) is 0 Å². The van der Waals surface area contributed by atoms with Gasteiger partial charge in [-0.2, -0.15) is 0 Å². The standard InChI is InChI=1S/C23H30N2O5/c1-29-15-18-5-3-4-12-24(18)20(26)13-23(16-6-10-19(30-2)11-7-16)14-21(27)25(22(23)28)17-8-9-17/h6-7,10-11,17-18H,3-5,8-9,12-15H2,1-2H3. The molecule has 3 aliphatic rings. The predicted molar refractivity (Wildman–Crippen MR) is 110 cm³/mol. The SMILES string of the molecule is COCC1CCCCN1C(=O)CC1(c2ccc(OC)cc2)CC(=O)N(C2CC2)C1=O. The van der Waals surface area contributed by atoms with Gasteiger partial charge in [-0.15, -0.1) is 0 Å². The Kier molecular flexibility index (Phi) is 5.82. The van der Waals surface area contributed by atoms with E-state index in [9.17, 15) is 14.4 Å². The Morgan fingerprint density at radius 2 is 1.83 bits per heavy atom. The van der Waals surface area contributed by atoms with Gasteiger partial charge in [-0.1, -0.05) is 12.1 Å². The lowest BCUT2D eigenvalue weighted by molar-refractivity contribution is -0.144. The van der Waals surface area contributed by atoms with Crippen molar-refractivity contribution >= 4 is 17.7 Å². The summed E-state index contributed by atoms with van der Waals surface area (Å²) < 4.78 is 10.6. The van der Waals surface area contributed by atoms with Crippen LogP contribution in [0.25, 0.3) is 0 Å². The summed E-state index contributed by atoms with van der Waals surface area (Å²) in [7, 11) is 3.22. The number of piperidine rings is 1. The molecule has 162 valence electrons. The third kappa shape index (κ3) is 3.71. The van der Waals surface area contributed by atoms with E-state index in [2.05, 4.69) is 0 Å². The van der Waals surface area contributed by atoms with Crippen molar-refractivity contribution in [1.29, 1.82) is 0 Å². The highest BCUT2D eigenvalue weighted by molar-refractivity contribution is 6.11. The highest BCUT2D eigenvalue weighted by atomic mass is 16.5. The van der Waals surface area contributed by atoms with Crippen LogP contribution in [0.2, 0.25) is 0 Å².